The first-order valence-electron chi connectivity index (χ1n) is 6.53. The minimum atomic E-state index is -0.833. The Hall–Kier alpha value is -1.65. The summed E-state index contributed by atoms with van der Waals surface area (Å²) in [5.41, 5.74) is 2.08. The lowest BCUT2D eigenvalue weighted by Crippen LogP contribution is -2.30. The summed E-state index contributed by atoms with van der Waals surface area (Å²) in [5.74, 6) is -0.977. The van der Waals surface area contributed by atoms with Gasteiger partial charge >= 0.3 is 11.7 Å². The van der Waals surface area contributed by atoms with Crippen LogP contribution < -0.4 is 5.69 Å². The highest BCUT2D eigenvalue weighted by Crippen LogP contribution is 2.16. The number of carboxylic acid groups (broad SMARTS) is 1. The van der Waals surface area contributed by atoms with E-state index in [-0.39, 0.29) is 5.69 Å². The molecule has 0 aliphatic carbocycles. The summed E-state index contributed by atoms with van der Waals surface area (Å²) in [4.78, 5) is 26.9. The molecule has 0 fully saturated rings. The number of rotatable bonds is 5. The molecule has 0 aliphatic rings. The average molecular weight is 266 g/mol. The number of carbonyl (C=O) groups is 1. The van der Waals surface area contributed by atoms with Crippen molar-refractivity contribution in [1.82, 2.24) is 9.55 Å². The molecule has 1 unspecified atom stereocenters. The zero-order valence-electron chi connectivity index (χ0n) is 12.2. The Balaban J connectivity index is 3.25. The molecule has 1 atom stereocenters. The molecule has 0 spiro atoms. The highest BCUT2D eigenvalue weighted by atomic mass is 16.4. The third-order valence-corrected chi connectivity index (χ3v) is 3.25. The van der Waals surface area contributed by atoms with Crippen LogP contribution in [0.15, 0.2) is 4.79 Å². The Kier molecular flexibility index (Phi) is 4.86. The second-order valence-electron chi connectivity index (χ2n) is 5.49. The summed E-state index contributed by atoms with van der Waals surface area (Å²) in [6.07, 6.45) is 0.401. The number of nitrogens with zero attached hydrogens (tertiary/aromatic N) is 2. The Morgan fingerprint density at radius 1 is 1.32 bits per heavy atom. The summed E-state index contributed by atoms with van der Waals surface area (Å²) >= 11 is 0. The molecular formula is C14H22N2O3. The molecule has 1 aromatic heterocycles. The molecule has 5 heteroatoms. The lowest BCUT2D eigenvalue weighted by Gasteiger charge is -2.18. The second kappa shape index (κ2) is 5.99. The van der Waals surface area contributed by atoms with Crippen molar-refractivity contribution in [2.45, 2.75) is 47.6 Å². The Bertz CT molecular complexity index is 532. The lowest BCUT2D eigenvalue weighted by molar-refractivity contribution is -0.141. The van der Waals surface area contributed by atoms with Crippen LogP contribution in [0.1, 0.15) is 37.7 Å². The number of aromatic nitrogens is 2. The molecule has 1 rings (SSSR count). The highest BCUT2D eigenvalue weighted by molar-refractivity contribution is 5.70. The van der Waals surface area contributed by atoms with Gasteiger partial charge in [-0.3, -0.25) is 9.36 Å². The number of carboxylic acids is 1. The summed E-state index contributed by atoms with van der Waals surface area (Å²) < 4.78 is 1.64. The first-order chi connectivity index (χ1) is 8.73. The van der Waals surface area contributed by atoms with Crippen molar-refractivity contribution in [1.29, 1.82) is 0 Å². The maximum Gasteiger partial charge on any atom is 0.347 e. The Morgan fingerprint density at radius 3 is 2.37 bits per heavy atom. The third-order valence-electron chi connectivity index (χ3n) is 3.25. The summed E-state index contributed by atoms with van der Waals surface area (Å²) in [7, 11) is 0. The monoisotopic (exact) mass is 266 g/mol. The number of hydrogen-bond donors (Lipinski definition) is 1. The fraction of sp³-hybridized carbons (Fsp3) is 0.643. The van der Waals surface area contributed by atoms with Crippen LogP contribution in [0.5, 0.6) is 0 Å². The molecule has 0 saturated carbocycles. The van der Waals surface area contributed by atoms with Crippen molar-refractivity contribution in [2.24, 2.45) is 11.8 Å². The van der Waals surface area contributed by atoms with Gasteiger partial charge in [0.2, 0.25) is 0 Å². The van der Waals surface area contributed by atoms with Gasteiger partial charge in [-0.25, -0.2) is 4.79 Å². The van der Waals surface area contributed by atoms with Crippen LogP contribution in [-0.4, -0.2) is 20.6 Å². The normalized spacial score (nSPS) is 12.7. The quantitative estimate of drug-likeness (QED) is 0.881. The van der Waals surface area contributed by atoms with Crippen molar-refractivity contribution in [2.75, 3.05) is 0 Å². The van der Waals surface area contributed by atoms with Gasteiger partial charge in [-0.15, -0.1) is 0 Å². The van der Waals surface area contributed by atoms with E-state index >= 15 is 0 Å². The standard InChI is InChI=1S/C14H22N2O3/c1-8(2)7-16-11(5)12(6-9(3)13(17)18)10(4)15-14(16)19/h8-9H,6-7H2,1-5H3,(H,17,18). The van der Waals surface area contributed by atoms with E-state index in [4.69, 9.17) is 5.11 Å². The topological polar surface area (TPSA) is 72.2 Å². The van der Waals surface area contributed by atoms with Crippen molar-refractivity contribution >= 4 is 5.97 Å². The fourth-order valence-corrected chi connectivity index (χ4v) is 2.11. The van der Waals surface area contributed by atoms with Crippen molar-refractivity contribution in [3.8, 4) is 0 Å². The number of hydrogen-bond acceptors (Lipinski definition) is 3. The van der Waals surface area contributed by atoms with E-state index in [0.29, 0.717) is 24.6 Å². The smallest absolute Gasteiger partial charge is 0.347 e. The van der Waals surface area contributed by atoms with E-state index in [1.807, 2.05) is 20.8 Å². The molecular weight excluding hydrogens is 244 g/mol. The van der Waals surface area contributed by atoms with Crippen LogP contribution >= 0.6 is 0 Å². The molecule has 0 aromatic carbocycles. The van der Waals surface area contributed by atoms with Gasteiger partial charge < -0.3 is 5.11 Å². The molecule has 5 nitrogen and oxygen atoms in total. The maximum atomic E-state index is 11.9. The summed E-state index contributed by atoms with van der Waals surface area (Å²) in [6, 6.07) is 0. The first kappa shape index (κ1) is 15.4. The SMILES string of the molecule is Cc1nc(=O)n(CC(C)C)c(C)c1CC(C)C(=O)O. The molecule has 0 aliphatic heterocycles. The van der Waals surface area contributed by atoms with Crippen LogP contribution in [0.2, 0.25) is 0 Å². The van der Waals surface area contributed by atoms with Gasteiger partial charge in [0.05, 0.1) is 5.92 Å². The van der Waals surface area contributed by atoms with Crippen molar-refractivity contribution in [3.63, 3.8) is 0 Å². The zero-order chi connectivity index (χ0) is 14.7. The van der Waals surface area contributed by atoms with E-state index in [1.54, 1.807) is 18.4 Å². The molecule has 0 saturated heterocycles. The molecule has 0 bridgehead atoms. The zero-order valence-corrected chi connectivity index (χ0v) is 12.2. The fourth-order valence-electron chi connectivity index (χ4n) is 2.11. The van der Waals surface area contributed by atoms with Crippen LogP contribution in [0.25, 0.3) is 0 Å². The molecule has 1 aromatic rings. The summed E-state index contributed by atoms with van der Waals surface area (Å²) in [6.45, 7) is 9.96. The van der Waals surface area contributed by atoms with Crippen molar-refractivity contribution in [3.05, 3.63) is 27.4 Å². The predicted octanol–water partition coefficient (Wildman–Crippen LogP) is 1.78. The predicted molar refractivity (Wildman–Crippen MR) is 73.3 cm³/mol. The molecule has 0 radical (unpaired) electrons. The second-order valence-corrected chi connectivity index (χ2v) is 5.49. The minimum Gasteiger partial charge on any atom is -0.481 e. The lowest BCUT2D eigenvalue weighted by atomic mass is 9.98. The molecule has 1 heterocycles. The van der Waals surface area contributed by atoms with Crippen LogP contribution in [0.4, 0.5) is 0 Å². The molecule has 19 heavy (non-hydrogen) atoms. The van der Waals surface area contributed by atoms with Crippen molar-refractivity contribution < 1.29 is 9.90 Å². The number of aliphatic carboxylic acids is 1. The van der Waals surface area contributed by atoms with Gasteiger partial charge in [-0.05, 0) is 31.7 Å². The van der Waals surface area contributed by atoms with E-state index in [0.717, 1.165) is 11.3 Å². The molecule has 106 valence electrons. The third kappa shape index (κ3) is 3.66. The number of aryl methyl sites for hydroxylation is 1. The highest BCUT2D eigenvalue weighted by Gasteiger charge is 2.18. The van der Waals surface area contributed by atoms with Crippen LogP contribution in [-0.2, 0) is 17.8 Å². The van der Waals surface area contributed by atoms with E-state index < -0.39 is 11.9 Å². The van der Waals surface area contributed by atoms with Crippen LogP contribution in [0.3, 0.4) is 0 Å². The van der Waals surface area contributed by atoms with Gasteiger partial charge in [0.15, 0.2) is 0 Å². The minimum absolute atomic E-state index is 0.254. The molecule has 0 amide bonds. The van der Waals surface area contributed by atoms with Gasteiger partial charge in [0.1, 0.15) is 0 Å². The van der Waals surface area contributed by atoms with E-state index in [2.05, 4.69) is 4.98 Å². The Morgan fingerprint density at radius 2 is 1.89 bits per heavy atom. The summed E-state index contributed by atoms with van der Waals surface area (Å²) in [5, 5.41) is 9.01. The first-order valence-corrected chi connectivity index (χ1v) is 6.53. The molecule has 1 N–H and O–H groups in total. The average Bonchev–Trinajstić information content (AvgIpc) is 2.29. The maximum absolute atomic E-state index is 11.9. The van der Waals surface area contributed by atoms with Gasteiger partial charge in [-0.1, -0.05) is 20.8 Å². The van der Waals surface area contributed by atoms with Gasteiger partial charge in [-0.2, -0.15) is 4.98 Å². The van der Waals surface area contributed by atoms with E-state index in [9.17, 15) is 9.59 Å². The van der Waals surface area contributed by atoms with Gasteiger partial charge in [0, 0.05) is 17.9 Å². The van der Waals surface area contributed by atoms with E-state index in [1.165, 1.54) is 0 Å². The van der Waals surface area contributed by atoms with Crippen LogP contribution in [0, 0.1) is 25.7 Å². The Labute approximate surface area is 113 Å². The van der Waals surface area contributed by atoms with Gasteiger partial charge in [0.25, 0.3) is 0 Å². The largest absolute Gasteiger partial charge is 0.481 e.